The van der Waals surface area contributed by atoms with Crippen LogP contribution in [0.15, 0.2) is 208 Å². The fraction of sp³-hybridized carbons (Fsp3) is 0.311. The molecular formula is C74H99ClF3N16O12S5-. The van der Waals surface area contributed by atoms with E-state index >= 15 is 0 Å². The Hall–Kier alpha value is -10.2. The first-order valence-electron chi connectivity index (χ1n) is 35.1. The molecule has 0 spiro atoms. The van der Waals surface area contributed by atoms with E-state index in [1.807, 2.05) is 66.2 Å². The first-order valence-corrected chi connectivity index (χ1v) is 41.3. The van der Waals surface area contributed by atoms with Crippen molar-refractivity contribution in [3.05, 3.63) is 204 Å². The number of hydrogen-bond acceptors (Lipinski definition) is 24. The van der Waals surface area contributed by atoms with Crippen LogP contribution in [-0.2, 0) is 58.5 Å². The Morgan fingerprint density at radius 2 is 1.25 bits per heavy atom. The standard InChI is InChI=1S/C26H30ClN5O4S2.C24H25N5O4S2.C20H22F3N3O4S.C4H5N3.9H2/c1-18(31-11-2-3-19-15-20(27)4-9-24(19)31)25(34)32-13-12-30(16-22(32)17-33)21-5-7-23(8-6-21)38(35,36)29-26-28-10-14-37-26;30-22(17-29-11-9-18-3-1-2-4-21(18)29)23(31)28-14-12-27(13-15-28)19-5-7-20(8-6-19)35(32,33)26-24-25-10-16-34-24;1-14(24-15-2-6-17(7-3-15)30-20(21,22)23)19(27)26-12-10-25(11-13-26)16-4-8-18(9-5-16)31(28)29;5-4-1-2-6-3-7-4;;;;;;;;;/h4-10,14-15,18,22,33H,2-3,11-13,16-17H2,1H3,(H,28,29);1-11,16,22,30H,12-15,17H2,(H,25,26);2-9,14,24H,10-13H2,1H3,(H,28,29);1-3H,(H2,5,6,7);9*1H/p-1/t18-,22-;22-;;;;;;;;;;;/m10.........../s1. The summed E-state index contributed by atoms with van der Waals surface area (Å²) in [6, 6.07) is 41.0. The summed E-state index contributed by atoms with van der Waals surface area (Å²) in [7, 11) is -7.43. The number of piperazine rings is 3. The van der Waals surface area contributed by atoms with E-state index < -0.39 is 49.6 Å². The number of aromatic nitrogens is 5. The molecule has 6 aromatic carbocycles. The Morgan fingerprint density at radius 3 is 1.77 bits per heavy atom. The molecule has 0 aliphatic carbocycles. The largest absolute Gasteiger partial charge is 0.768 e. The second-order valence-corrected chi connectivity index (χ2v) is 32.4. The number of fused-ring (bicyclic) bond motifs is 2. The number of para-hydroxylation sites is 1. The zero-order valence-electron chi connectivity index (χ0n) is 60.1. The number of carbonyl (C=O) groups is 3. The smallest absolute Gasteiger partial charge is 0.573 e. The van der Waals surface area contributed by atoms with E-state index in [0.29, 0.717) is 98.8 Å². The number of benzene rings is 6. The zero-order chi connectivity index (χ0) is 79.0. The van der Waals surface area contributed by atoms with Gasteiger partial charge in [0, 0.05) is 171 Å². The third-order valence-corrected chi connectivity index (χ3v) is 23.9. The van der Waals surface area contributed by atoms with Gasteiger partial charge in [-0.15, -0.1) is 35.8 Å². The van der Waals surface area contributed by atoms with Gasteiger partial charge in [-0.2, -0.15) is 0 Å². The number of nitrogens with two attached hydrogens (primary N) is 1. The summed E-state index contributed by atoms with van der Waals surface area (Å²) in [4.78, 5) is 68.5. The molecule has 37 heteroatoms. The summed E-state index contributed by atoms with van der Waals surface area (Å²) in [5.74, 6) is -0.233. The van der Waals surface area contributed by atoms with Gasteiger partial charge in [-0.25, -0.2) is 36.8 Å². The number of halogens is 4. The van der Waals surface area contributed by atoms with E-state index in [-0.39, 0.29) is 76.2 Å². The lowest BCUT2D eigenvalue weighted by atomic mass is 9.99. The van der Waals surface area contributed by atoms with E-state index in [1.54, 1.807) is 105 Å². The van der Waals surface area contributed by atoms with Crippen molar-refractivity contribution in [3.63, 3.8) is 0 Å². The molecule has 0 radical (unpaired) electrons. The van der Waals surface area contributed by atoms with E-state index in [9.17, 15) is 63.4 Å². The normalized spacial score (nSPS) is 16.4. The number of sulfonamides is 2. The van der Waals surface area contributed by atoms with Crippen molar-refractivity contribution in [2.75, 3.05) is 125 Å². The first-order chi connectivity index (χ1) is 53.2. The lowest BCUT2D eigenvalue weighted by Crippen LogP contribution is -2.60. The van der Waals surface area contributed by atoms with Crippen LogP contribution in [0.1, 0.15) is 38.7 Å². The van der Waals surface area contributed by atoms with E-state index in [0.717, 1.165) is 58.6 Å². The molecule has 14 rings (SSSR count). The number of aryl methyl sites for hydroxylation is 1. The maximum atomic E-state index is 13.6. The molecule has 2 unspecified atom stereocenters. The Kier molecular flexibility index (Phi) is 27.4. The molecule has 0 saturated carbocycles. The number of nitrogens with zero attached hydrogens (tertiary/aromatic N) is 12. The molecule has 10 aromatic rings. The molecule has 0 bridgehead atoms. The van der Waals surface area contributed by atoms with Gasteiger partial charge in [0.2, 0.25) is 11.8 Å². The van der Waals surface area contributed by atoms with Gasteiger partial charge in [-0.05, 0) is 182 Å². The highest BCUT2D eigenvalue weighted by molar-refractivity contribution is 7.93. The van der Waals surface area contributed by atoms with Gasteiger partial charge in [0.15, 0.2) is 16.4 Å². The molecule has 28 nitrogen and oxygen atoms in total. The summed E-state index contributed by atoms with van der Waals surface area (Å²) < 4.78 is 120. The van der Waals surface area contributed by atoms with Crippen molar-refractivity contribution in [1.82, 2.24) is 39.2 Å². The summed E-state index contributed by atoms with van der Waals surface area (Å²) in [6.07, 6.45) is 3.99. The second kappa shape index (κ2) is 37.2. The number of alkyl halides is 3. The minimum Gasteiger partial charge on any atom is -0.768 e. The molecule has 8 heterocycles. The maximum absolute atomic E-state index is 13.6. The van der Waals surface area contributed by atoms with Crippen LogP contribution in [0.3, 0.4) is 0 Å². The first kappa shape index (κ1) is 81.8. The number of hydrogen-bond donors (Lipinski definition) is 6. The average Bonchev–Trinajstić information content (AvgIpc) is 1.14. The number of aliphatic hydroxyl groups excluding tert-OH is 2. The van der Waals surface area contributed by atoms with Gasteiger partial charge in [-0.3, -0.25) is 28.0 Å². The molecule has 3 fully saturated rings. The molecule has 3 saturated heterocycles. The Morgan fingerprint density at radius 1 is 0.694 bits per heavy atom. The Bertz CT molecular complexity index is 5030. The predicted molar refractivity (Wildman–Crippen MR) is 441 cm³/mol. The van der Waals surface area contributed by atoms with Gasteiger partial charge >= 0.3 is 6.36 Å². The maximum Gasteiger partial charge on any atom is 0.573 e. The summed E-state index contributed by atoms with van der Waals surface area (Å²) in [5.41, 5.74) is 11.5. The van der Waals surface area contributed by atoms with Crippen molar-refractivity contribution in [2.24, 2.45) is 0 Å². The molecule has 4 aliphatic rings. The van der Waals surface area contributed by atoms with Crippen molar-refractivity contribution < 1.29 is 80.9 Å². The third-order valence-electron chi connectivity index (χ3n) is 18.7. The Labute approximate surface area is 668 Å². The number of nitrogen functional groups attached to an aromatic ring is 1. The van der Waals surface area contributed by atoms with Gasteiger partial charge in [0.05, 0.1) is 29.0 Å². The van der Waals surface area contributed by atoms with Crippen molar-refractivity contribution in [1.29, 1.82) is 0 Å². The number of rotatable bonds is 20. The predicted octanol–water partition coefficient (Wildman–Crippen LogP) is 11.3. The van der Waals surface area contributed by atoms with Crippen LogP contribution >= 0.6 is 34.3 Å². The van der Waals surface area contributed by atoms with Gasteiger partial charge in [0.25, 0.3) is 26.0 Å². The van der Waals surface area contributed by atoms with E-state index in [2.05, 4.69) is 59.0 Å². The fourth-order valence-corrected chi connectivity index (χ4v) is 17.2. The molecule has 3 amide bonds. The lowest BCUT2D eigenvalue weighted by molar-refractivity contribution is -0.274. The number of thiazole rings is 2. The minimum atomic E-state index is -4.75. The summed E-state index contributed by atoms with van der Waals surface area (Å²) in [5, 5.41) is 29.6. The average molecular weight is 1660 g/mol. The number of anilines is 8. The van der Waals surface area contributed by atoms with E-state index in [4.69, 9.17) is 17.3 Å². The number of amides is 3. The fourth-order valence-electron chi connectivity index (χ4n) is 13.0. The second-order valence-electron chi connectivity index (χ2n) is 25.9. The Balaban J connectivity index is 0.000000566. The highest BCUT2D eigenvalue weighted by atomic mass is 35.5. The van der Waals surface area contributed by atoms with Gasteiger partial charge in [-0.1, -0.05) is 29.8 Å². The van der Waals surface area contributed by atoms with Crippen molar-refractivity contribution >= 4 is 139 Å². The van der Waals surface area contributed by atoms with Gasteiger partial charge < -0.3 is 69.4 Å². The molecule has 4 aliphatic heterocycles. The zero-order valence-corrected chi connectivity index (χ0v) is 64.9. The van der Waals surface area contributed by atoms with Crippen LogP contribution < -0.4 is 44.8 Å². The number of aliphatic hydroxyl groups is 2. The van der Waals surface area contributed by atoms with E-state index in [1.165, 1.54) is 77.8 Å². The van der Waals surface area contributed by atoms with Gasteiger partial charge in [0.1, 0.15) is 30.0 Å². The van der Waals surface area contributed by atoms with Crippen LogP contribution in [0.4, 0.5) is 57.7 Å². The van der Waals surface area contributed by atoms with Crippen molar-refractivity contribution in [2.45, 2.75) is 78.5 Å². The molecular weight excluding hydrogens is 1560 g/mol. The third kappa shape index (κ3) is 21.9. The van der Waals surface area contributed by atoms with Crippen LogP contribution in [0, 0.1) is 0 Å². The van der Waals surface area contributed by atoms with Crippen LogP contribution in [0.25, 0.3) is 10.9 Å². The SMILES string of the molecule is CC(Nc1ccc(OC(F)(F)F)cc1)C(=O)N1CCN(c2ccc(S(=O)[O-])cc2)CC1.C[C@H](C(=O)N1CCN(c2ccc(S(=O)(=O)Nc3nccs3)cc2)C[C@@H]1CO)N1CCCc2cc(Cl)ccc21.Nc1ccncn1.O=C([C@@H](O)Cn1ccc2ccccc21)N1CCN(c2ccc(S(=O)(=O)Nc3nccs3)cc2)CC1.[HH].[HH].[HH].[HH].[HH].[HH].[HH].[HH].[HH]. The highest BCUT2D eigenvalue weighted by Gasteiger charge is 2.37. The van der Waals surface area contributed by atoms with Crippen LogP contribution in [-0.4, -0.2) is 208 Å². The minimum absolute atomic E-state index is 0. The van der Waals surface area contributed by atoms with Crippen LogP contribution in [0.5, 0.6) is 5.75 Å². The topological polar surface area (TPSA) is 351 Å². The quantitative estimate of drug-likeness (QED) is 0.0386. The molecule has 111 heavy (non-hydrogen) atoms. The molecule has 606 valence electrons. The highest BCUT2D eigenvalue weighted by Crippen LogP contribution is 2.34. The molecule has 4 aromatic heterocycles. The van der Waals surface area contributed by atoms with Crippen molar-refractivity contribution in [3.8, 4) is 5.75 Å². The lowest BCUT2D eigenvalue weighted by Gasteiger charge is -2.44. The molecule has 5 atom stereocenters. The number of carbonyl (C=O) groups excluding carboxylic acids is 3. The number of nitrogens with one attached hydrogen (secondary N) is 3. The monoisotopic (exact) mass is 1660 g/mol. The summed E-state index contributed by atoms with van der Waals surface area (Å²) >= 11 is 6.35. The summed E-state index contributed by atoms with van der Waals surface area (Å²) in [6.45, 7) is 10.3. The van der Waals surface area contributed by atoms with Crippen LogP contribution in [0.2, 0.25) is 5.02 Å². The number of ether oxygens (including phenoxy) is 1. The molecule has 7 N–H and O–H groups in total.